The molecule has 3 aromatic rings. The summed E-state index contributed by atoms with van der Waals surface area (Å²) < 4.78 is 10.6. The fourth-order valence-electron chi connectivity index (χ4n) is 2.62. The van der Waals surface area contributed by atoms with Gasteiger partial charge in [-0.1, -0.05) is 12.1 Å². The summed E-state index contributed by atoms with van der Waals surface area (Å²) in [5.74, 6) is 1.65. The van der Waals surface area contributed by atoms with Crippen molar-refractivity contribution in [3.8, 4) is 11.5 Å². The zero-order valence-electron chi connectivity index (χ0n) is 15.4. The lowest BCUT2D eigenvalue weighted by Crippen LogP contribution is -2.12. The third kappa shape index (κ3) is 4.55. The van der Waals surface area contributed by atoms with Gasteiger partial charge in [0.05, 0.1) is 19.9 Å². The van der Waals surface area contributed by atoms with E-state index >= 15 is 0 Å². The summed E-state index contributed by atoms with van der Waals surface area (Å²) in [5.41, 5.74) is 3.02. The number of hydrogen-bond donors (Lipinski definition) is 2. The quantitative estimate of drug-likeness (QED) is 0.679. The minimum atomic E-state index is -0.205. The third-order valence-corrected chi connectivity index (χ3v) is 3.97. The second-order valence-corrected chi connectivity index (χ2v) is 5.94. The van der Waals surface area contributed by atoms with E-state index in [-0.39, 0.29) is 5.91 Å². The maximum Gasteiger partial charge on any atom is 0.255 e. The van der Waals surface area contributed by atoms with Gasteiger partial charge in [-0.3, -0.25) is 4.79 Å². The molecule has 138 valence electrons. The Balaban J connectivity index is 1.80. The Kier molecular flexibility index (Phi) is 5.56. The average Bonchev–Trinajstić information content (AvgIpc) is 2.68. The van der Waals surface area contributed by atoms with E-state index < -0.39 is 0 Å². The first-order valence-corrected chi connectivity index (χ1v) is 8.42. The molecule has 1 amide bonds. The predicted molar refractivity (Wildman–Crippen MR) is 106 cm³/mol. The van der Waals surface area contributed by atoms with E-state index in [1.54, 1.807) is 44.7 Å². The Morgan fingerprint density at radius 3 is 2.59 bits per heavy atom. The first-order valence-electron chi connectivity index (χ1n) is 8.42. The molecule has 1 heterocycles. The monoisotopic (exact) mass is 363 g/mol. The summed E-state index contributed by atoms with van der Waals surface area (Å²) in [4.78, 5) is 16.8. The van der Waals surface area contributed by atoms with Crippen LogP contribution in [0, 0.1) is 6.92 Å². The second-order valence-electron chi connectivity index (χ2n) is 5.94. The summed E-state index contributed by atoms with van der Waals surface area (Å²) in [6.07, 6.45) is 1.58. The minimum absolute atomic E-state index is 0.205. The molecule has 1 aromatic heterocycles. The van der Waals surface area contributed by atoms with E-state index in [4.69, 9.17) is 9.47 Å². The summed E-state index contributed by atoms with van der Waals surface area (Å²) in [6, 6.07) is 16.4. The van der Waals surface area contributed by atoms with Crippen LogP contribution in [0.25, 0.3) is 0 Å². The summed E-state index contributed by atoms with van der Waals surface area (Å²) in [5, 5.41) is 6.06. The number of aryl methyl sites for hydroxylation is 1. The van der Waals surface area contributed by atoms with E-state index in [1.165, 1.54) is 0 Å². The van der Waals surface area contributed by atoms with Crippen LogP contribution in [0.4, 0.5) is 17.2 Å². The van der Waals surface area contributed by atoms with Gasteiger partial charge in [0.2, 0.25) is 0 Å². The van der Waals surface area contributed by atoms with Crippen LogP contribution in [-0.2, 0) is 0 Å². The van der Waals surface area contributed by atoms with Gasteiger partial charge in [0.15, 0.2) is 0 Å². The molecule has 0 aliphatic rings. The van der Waals surface area contributed by atoms with Crippen molar-refractivity contribution < 1.29 is 14.3 Å². The van der Waals surface area contributed by atoms with Crippen LogP contribution in [-0.4, -0.2) is 25.1 Å². The molecule has 0 bridgehead atoms. The Labute approximate surface area is 158 Å². The smallest absolute Gasteiger partial charge is 0.255 e. The first-order chi connectivity index (χ1) is 13.1. The van der Waals surface area contributed by atoms with Crippen LogP contribution in [0.5, 0.6) is 11.5 Å². The van der Waals surface area contributed by atoms with Gasteiger partial charge in [-0.25, -0.2) is 4.98 Å². The van der Waals surface area contributed by atoms with E-state index in [1.807, 2.05) is 37.3 Å². The molecular weight excluding hydrogens is 342 g/mol. The number of nitrogens with one attached hydrogen (secondary N) is 2. The topological polar surface area (TPSA) is 72.5 Å². The van der Waals surface area contributed by atoms with Crippen molar-refractivity contribution in [3.63, 3.8) is 0 Å². The number of pyridine rings is 1. The highest BCUT2D eigenvalue weighted by molar-refractivity contribution is 6.04. The molecule has 0 saturated carbocycles. The van der Waals surface area contributed by atoms with Crippen molar-refractivity contribution in [2.75, 3.05) is 24.9 Å². The van der Waals surface area contributed by atoms with Crippen LogP contribution in [0.2, 0.25) is 0 Å². The Hall–Kier alpha value is -3.54. The molecule has 0 aliphatic heterocycles. The molecule has 27 heavy (non-hydrogen) atoms. The minimum Gasteiger partial charge on any atom is -0.497 e. The highest BCUT2D eigenvalue weighted by Crippen LogP contribution is 2.31. The van der Waals surface area contributed by atoms with E-state index in [2.05, 4.69) is 15.6 Å². The van der Waals surface area contributed by atoms with Crippen LogP contribution in [0.3, 0.4) is 0 Å². The molecule has 6 nitrogen and oxygen atoms in total. The Bertz CT molecular complexity index is 957. The van der Waals surface area contributed by atoms with Gasteiger partial charge in [0.25, 0.3) is 5.91 Å². The second kappa shape index (κ2) is 8.23. The Morgan fingerprint density at radius 1 is 1.00 bits per heavy atom. The number of methoxy groups -OCH3 is 2. The molecule has 0 radical (unpaired) electrons. The molecule has 6 heteroatoms. The van der Waals surface area contributed by atoms with E-state index in [0.717, 1.165) is 11.3 Å². The standard InChI is InChI=1S/C21H21N3O3/c1-14-5-4-6-16(11-14)23-21(25)15-9-10-22-20(12-15)24-18-13-17(26-2)7-8-19(18)27-3/h4-13H,1-3H3,(H,22,24)(H,23,25). The van der Waals surface area contributed by atoms with Gasteiger partial charge < -0.3 is 20.1 Å². The number of nitrogens with zero attached hydrogens (tertiary/aromatic N) is 1. The maximum atomic E-state index is 12.5. The molecule has 0 spiro atoms. The van der Waals surface area contributed by atoms with E-state index in [9.17, 15) is 4.79 Å². The lowest BCUT2D eigenvalue weighted by Gasteiger charge is -2.13. The number of ether oxygens (including phenoxy) is 2. The van der Waals surface area contributed by atoms with Gasteiger partial charge >= 0.3 is 0 Å². The third-order valence-electron chi connectivity index (χ3n) is 3.97. The van der Waals surface area contributed by atoms with Gasteiger partial charge in [0, 0.05) is 23.5 Å². The lowest BCUT2D eigenvalue weighted by molar-refractivity contribution is 0.102. The van der Waals surface area contributed by atoms with Gasteiger partial charge in [0.1, 0.15) is 17.3 Å². The number of carbonyl (C=O) groups excluding carboxylic acids is 1. The number of rotatable bonds is 6. The number of anilines is 3. The summed E-state index contributed by atoms with van der Waals surface area (Å²) >= 11 is 0. The number of benzene rings is 2. The summed E-state index contributed by atoms with van der Waals surface area (Å²) in [7, 11) is 3.19. The largest absolute Gasteiger partial charge is 0.497 e. The predicted octanol–water partition coefficient (Wildman–Crippen LogP) is 4.40. The highest BCUT2D eigenvalue weighted by Gasteiger charge is 2.10. The highest BCUT2D eigenvalue weighted by atomic mass is 16.5. The van der Waals surface area contributed by atoms with Crippen LogP contribution < -0.4 is 20.1 Å². The number of aromatic nitrogens is 1. The molecule has 0 fully saturated rings. The zero-order chi connectivity index (χ0) is 19.2. The van der Waals surface area contributed by atoms with Gasteiger partial charge in [-0.05, 0) is 48.9 Å². The molecule has 0 atom stereocenters. The lowest BCUT2D eigenvalue weighted by atomic mass is 10.2. The van der Waals surface area contributed by atoms with Crippen molar-refractivity contribution in [1.82, 2.24) is 4.98 Å². The average molecular weight is 363 g/mol. The Morgan fingerprint density at radius 2 is 1.85 bits per heavy atom. The molecule has 3 rings (SSSR count). The van der Waals surface area contributed by atoms with E-state index in [0.29, 0.717) is 28.6 Å². The molecule has 0 saturated heterocycles. The van der Waals surface area contributed by atoms with Gasteiger partial charge in [-0.2, -0.15) is 0 Å². The summed E-state index contributed by atoms with van der Waals surface area (Å²) in [6.45, 7) is 1.98. The number of carbonyl (C=O) groups is 1. The van der Waals surface area contributed by atoms with Gasteiger partial charge in [-0.15, -0.1) is 0 Å². The van der Waals surface area contributed by atoms with Crippen LogP contribution >= 0.6 is 0 Å². The molecule has 0 aliphatic carbocycles. The van der Waals surface area contributed by atoms with Crippen LogP contribution in [0.15, 0.2) is 60.8 Å². The SMILES string of the molecule is COc1ccc(OC)c(Nc2cc(C(=O)Nc3cccc(C)c3)ccn2)c1. The van der Waals surface area contributed by atoms with Crippen LogP contribution in [0.1, 0.15) is 15.9 Å². The fraction of sp³-hybridized carbons (Fsp3) is 0.143. The molecular formula is C21H21N3O3. The van der Waals surface area contributed by atoms with Crippen molar-refractivity contribution in [2.24, 2.45) is 0 Å². The molecule has 2 N–H and O–H groups in total. The molecule has 0 unspecified atom stereocenters. The maximum absolute atomic E-state index is 12.5. The van der Waals surface area contributed by atoms with Crippen molar-refractivity contribution in [1.29, 1.82) is 0 Å². The fourth-order valence-corrected chi connectivity index (χ4v) is 2.62. The van der Waals surface area contributed by atoms with Crippen molar-refractivity contribution in [2.45, 2.75) is 6.92 Å². The van der Waals surface area contributed by atoms with Crippen molar-refractivity contribution >= 4 is 23.1 Å². The zero-order valence-corrected chi connectivity index (χ0v) is 15.4. The number of hydrogen-bond acceptors (Lipinski definition) is 5. The first kappa shape index (κ1) is 18.3. The molecule has 2 aromatic carbocycles. The number of amides is 1. The van der Waals surface area contributed by atoms with Crippen molar-refractivity contribution in [3.05, 3.63) is 71.9 Å². The normalized spacial score (nSPS) is 10.2.